The predicted molar refractivity (Wildman–Crippen MR) is 97.7 cm³/mol. The first kappa shape index (κ1) is 19.7. The summed E-state index contributed by atoms with van der Waals surface area (Å²) < 4.78 is 32.1. The van der Waals surface area contributed by atoms with Crippen molar-refractivity contribution in [2.45, 2.75) is 39.3 Å². The van der Waals surface area contributed by atoms with E-state index in [9.17, 15) is 13.6 Å². The molecule has 0 unspecified atom stereocenters. The summed E-state index contributed by atoms with van der Waals surface area (Å²) >= 11 is 0. The quantitative estimate of drug-likeness (QED) is 0.661. The van der Waals surface area contributed by atoms with Crippen molar-refractivity contribution in [3.05, 3.63) is 53.9 Å². The van der Waals surface area contributed by atoms with Crippen molar-refractivity contribution >= 4 is 5.91 Å². The molecule has 0 aliphatic carbocycles. The first-order valence-electron chi connectivity index (χ1n) is 8.67. The highest BCUT2D eigenvalue weighted by molar-refractivity contribution is 5.99. The zero-order valence-electron chi connectivity index (χ0n) is 16.1. The highest BCUT2D eigenvalue weighted by Crippen LogP contribution is 2.27. The third-order valence-electron chi connectivity index (χ3n) is 4.17. The number of alkyl halides is 2. The van der Waals surface area contributed by atoms with Gasteiger partial charge in [0.05, 0.1) is 17.7 Å². The van der Waals surface area contributed by atoms with E-state index in [1.54, 1.807) is 24.3 Å². The Morgan fingerprint density at radius 2 is 2.00 bits per heavy atom. The van der Waals surface area contributed by atoms with Crippen LogP contribution >= 0.6 is 0 Å². The molecule has 148 valence electrons. The van der Waals surface area contributed by atoms with E-state index < -0.39 is 6.55 Å². The van der Waals surface area contributed by atoms with Crippen LogP contribution in [0.1, 0.15) is 49.3 Å². The Bertz CT molecular complexity index is 975. The number of hydrogen-bond acceptors (Lipinski definition) is 5. The van der Waals surface area contributed by atoms with Crippen LogP contribution in [0.3, 0.4) is 0 Å². The molecule has 0 radical (unpaired) electrons. The molecule has 28 heavy (non-hydrogen) atoms. The highest BCUT2D eigenvalue weighted by Gasteiger charge is 2.25. The van der Waals surface area contributed by atoms with Crippen LogP contribution in [0, 0.1) is 0 Å². The molecule has 3 aromatic rings. The van der Waals surface area contributed by atoms with Crippen LogP contribution in [-0.2, 0) is 12.0 Å². The van der Waals surface area contributed by atoms with E-state index in [1.807, 2.05) is 20.8 Å². The molecule has 0 atom stereocenters. The van der Waals surface area contributed by atoms with Gasteiger partial charge >= 0.3 is 6.55 Å². The van der Waals surface area contributed by atoms with Crippen molar-refractivity contribution in [1.29, 1.82) is 0 Å². The van der Waals surface area contributed by atoms with Gasteiger partial charge in [-0.3, -0.25) is 9.36 Å². The van der Waals surface area contributed by atoms with Gasteiger partial charge in [0.1, 0.15) is 5.82 Å². The lowest BCUT2D eigenvalue weighted by Gasteiger charge is -2.18. The van der Waals surface area contributed by atoms with E-state index in [2.05, 4.69) is 15.1 Å². The summed E-state index contributed by atoms with van der Waals surface area (Å²) in [7, 11) is 1.53. The topological polar surface area (TPSA) is 77.1 Å². The summed E-state index contributed by atoms with van der Waals surface area (Å²) in [6, 6.07) is 6.82. The number of nitrogens with zero attached hydrogens (tertiary/aromatic N) is 5. The molecule has 0 saturated carbocycles. The van der Waals surface area contributed by atoms with E-state index in [-0.39, 0.29) is 29.6 Å². The Morgan fingerprint density at radius 3 is 2.64 bits per heavy atom. The average Bonchev–Trinajstić information content (AvgIpc) is 3.30. The molecule has 2 heterocycles. The summed E-state index contributed by atoms with van der Waals surface area (Å²) in [6.07, 6.45) is 2.46. The average molecular weight is 389 g/mol. The van der Waals surface area contributed by atoms with Crippen LogP contribution in [0.15, 0.2) is 41.2 Å². The van der Waals surface area contributed by atoms with E-state index in [0.29, 0.717) is 17.0 Å². The lowest BCUT2D eigenvalue weighted by molar-refractivity contribution is 0.0612. The molecule has 0 spiro atoms. The number of amides is 1. The maximum atomic E-state index is 13.0. The second kappa shape index (κ2) is 7.49. The fraction of sp³-hybridized carbons (Fsp3) is 0.368. The van der Waals surface area contributed by atoms with Gasteiger partial charge < -0.3 is 9.42 Å². The number of carbonyl (C=O) groups excluding carboxylic acids is 1. The highest BCUT2D eigenvalue weighted by atomic mass is 19.3. The summed E-state index contributed by atoms with van der Waals surface area (Å²) in [6.45, 7) is 3.08. The van der Waals surface area contributed by atoms with Crippen molar-refractivity contribution in [2.75, 3.05) is 7.05 Å². The van der Waals surface area contributed by atoms with Gasteiger partial charge in [0.25, 0.3) is 11.8 Å². The van der Waals surface area contributed by atoms with Gasteiger partial charge in [-0.25, -0.2) is 4.98 Å². The van der Waals surface area contributed by atoms with E-state index in [1.165, 1.54) is 24.3 Å². The van der Waals surface area contributed by atoms with Gasteiger partial charge in [0.2, 0.25) is 0 Å². The predicted octanol–water partition coefficient (Wildman–Crippen LogP) is 3.90. The van der Waals surface area contributed by atoms with E-state index in [0.717, 1.165) is 4.57 Å². The minimum atomic E-state index is -2.72. The molecule has 0 fully saturated rings. The molecule has 0 bridgehead atoms. The molecule has 0 aliphatic heterocycles. The second-order valence-corrected chi connectivity index (χ2v) is 7.41. The molecule has 2 aromatic heterocycles. The minimum absolute atomic E-state index is 0.0679. The molecule has 1 amide bonds. The van der Waals surface area contributed by atoms with Crippen LogP contribution in [0.25, 0.3) is 11.5 Å². The Balaban J connectivity index is 1.88. The summed E-state index contributed by atoms with van der Waals surface area (Å²) in [4.78, 5) is 22.6. The van der Waals surface area contributed by atoms with Gasteiger partial charge in [-0.2, -0.15) is 13.8 Å². The minimum Gasteiger partial charge on any atom is -0.334 e. The van der Waals surface area contributed by atoms with Crippen LogP contribution in [0.2, 0.25) is 0 Å². The third-order valence-corrected chi connectivity index (χ3v) is 4.17. The van der Waals surface area contributed by atoms with Crippen molar-refractivity contribution in [3.63, 3.8) is 0 Å². The van der Waals surface area contributed by atoms with Gasteiger partial charge in [-0.15, -0.1) is 0 Å². The van der Waals surface area contributed by atoms with Crippen LogP contribution in [0.4, 0.5) is 8.78 Å². The number of aromatic nitrogens is 4. The Morgan fingerprint density at radius 1 is 1.29 bits per heavy atom. The fourth-order valence-corrected chi connectivity index (χ4v) is 2.63. The monoisotopic (exact) mass is 389 g/mol. The van der Waals surface area contributed by atoms with Gasteiger partial charge in [0.15, 0.2) is 5.82 Å². The smallest absolute Gasteiger partial charge is 0.319 e. The summed E-state index contributed by atoms with van der Waals surface area (Å²) in [5, 5.41) is 3.99. The Labute approximate surface area is 161 Å². The molecule has 3 rings (SSSR count). The summed E-state index contributed by atoms with van der Waals surface area (Å²) in [5.41, 5.74) is 0.521. The first-order valence-corrected chi connectivity index (χ1v) is 8.67. The van der Waals surface area contributed by atoms with Crippen LogP contribution in [0.5, 0.6) is 0 Å². The Hall–Kier alpha value is -3.10. The lowest BCUT2D eigenvalue weighted by Crippen LogP contribution is -2.28. The number of imidazole rings is 1. The molecule has 7 nitrogen and oxygen atoms in total. The van der Waals surface area contributed by atoms with Crippen molar-refractivity contribution in [2.24, 2.45) is 0 Å². The van der Waals surface area contributed by atoms with Gasteiger partial charge in [0, 0.05) is 24.9 Å². The lowest BCUT2D eigenvalue weighted by atomic mass is 9.96. The molecular formula is C19H21F2N5O2. The Kier molecular flexibility index (Phi) is 5.26. The van der Waals surface area contributed by atoms with Gasteiger partial charge in [-0.05, 0) is 12.1 Å². The van der Waals surface area contributed by atoms with Gasteiger partial charge in [-0.1, -0.05) is 38.1 Å². The number of carbonyl (C=O) groups is 1. The number of rotatable bonds is 5. The van der Waals surface area contributed by atoms with Crippen molar-refractivity contribution < 1.29 is 18.1 Å². The fourth-order valence-electron chi connectivity index (χ4n) is 2.63. The zero-order chi connectivity index (χ0) is 20.5. The largest absolute Gasteiger partial charge is 0.334 e. The SMILES string of the molecule is CN(Cc1nccn1C(F)F)C(=O)c1ccccc1-c1nc(C(C)(C)C)no1. The van der Waals surface area contributed by atoms with Crippen molar-refractivity contribution in [1.82, 2.24) is 24.6 Å². The van der Waals surface area contributed by atoms with E-state index >= 15 is 0 Å². The van der Waals surface area contributed by atoms with Crippen LogP contribution in [-0.4, -0.2) is 37.5 Å². The number of hydrogen-bond donors (Lipinski definition) is 0. The molecule has 9 heteroatoms. The van der Waals surface area contributed by atoms with E-state index in [4.69, 9.17) is 4.52 Å². The molecule has 0 saturated heterocycles. The standard InChI is InChI=1S/C19H21F2N5O2/c1-19(2,3)17-23-15(28-24-17)12-7-5-6-8-13(12)16(27)25(4)11-14-22-9-10-26(14)18(20)21/h5-10,18H,11H2,1-4H3. The van der Waals surface area contributed by atoms with Crippen molar-refractivity contribution in [3.8, 4) is 11.5 Å². The number of benzene rings is 1. The third kappa shape index (κ3) is 3.92. The maximum Gasteiger partial charge on any atom is 0.319 e. The molecule has 0 aliphatic rings. The number of halogens is 2. The maximum absolute atomic E-state index is 13.0. The molecular weight excluding hydrogens is 368 g/mol. The van der Waals surface area contributed by atoms with Crippen LogP contribution < -0.4 is 0 Å². The molecule has 1 aromatic carbocycles. The normalized spacial score (nSPS) is 11.8. The first-order chi connectivity index (χ1) is 13.2. The summed E-state index contributed by atoms with van der Waals surface area (Å²) in [5.74, 6) is 0.486. The zero-order valence-corrected chi connectivity index (χ0v) is 16.1. The second-order valence-electron chi connectivity index (χ2n) is 7.41. The molecule has 0 N–H and O–H groups in total.